The number of amides is 1. The van der Waals surface area contributed by atoms with Gasteiger partial charge in [0.2, 0.25) is 0 Å². The number of carbonyl (C=O) groups excluding carboxylic acids is 2. The van der Waals surface area contributed by atoms with Gasteiger partial charge in [0.05, 0.1) is 24.8 Å². The van der Waals surface area contributed by atoms with Gasteiger partial charge in [-0.1, -0.05) is 30.3 Å². The molecule has 0 bridgehead atoms. The van der Waals surface area contributed by atoms with E-state index in [2.05, 4.69) is 10.3 Å². The summed E-state index contributed by atoms with van der Waals surface area (Å²) in [6, 6.07) is 15.5. The quantitative estimate of drug-likeness (QED) is 0.181. The van der Waals surface area contributed by atoms with Crippen LogP contribution in [0.5, 0.6) is 0 Å². The van der Waals surface area contributed by atoms with Gasteiger partial charge < -0.3 is 19.4 Å². The number of aromatic nitrogens is 2. The zero-order chi connectivity index (χ0) is 34.4. The Morgan fingerprint density at radius 2 is 1.62 bits per heavy atom. The van der Waals surface area contributed by atoms with Crippen LogP contribution in [0.3, 0.4) is 0 Å². The molecule has 4 aromatic rings. The van der Waals surface area contributed by atoms with Gasteiger partial charge in [-0.15, -0.1) is 0 Å². The number of hydrogen-bond acceptors (Lipinski definition) is 7. The summed E-state index contributed by atoms with van der Waals surface area (Å²) < 4.78 is 65.1. The van der Waals surface area contributed by atoms with Crippen molar-refractivity contribution >= 4 is 21.7 Å². The van der Waals surface area contributed by atoms with Gasteiger partial charge >= 0.3 is 5.97 Å². The molecule has 1 aromatic heterocycles. The predicted molar refractivity (Wildman–Crippen MR) is 174 cm³/mol. The molecule has 0 aliphatic carbocycles. The van der Waals surface area contributed by atoms with E-state index in [1.807, 2.05) is 11.6 Å². The first-order valence-electron chi connectivity index (χ1n) is 15.0. The van der Waals surface area contributed by atoms with Crippen molar-refractivity contribution < 1.29 is 36.3 Å². The Hall–Kier alpha value is -4.42. The Balaban J connectivity index is 1.64. The summed E-state index contributed by atoms with van der Waals surface area (Å²) in [7, 11) is -1.57. The minimum Gasteiger partial charge on any atom is -0.458 e. The van der Waals surface area contributed by atoms with Gasteiger partial charge in [-0.2, -0.15) is 0 Å². The lowest BCUT2D eigenvalue weighted by atomic mass is 9.96. The van der Waals surface area contributed by atoms with Crippen LogP contribution in [-0.2, 0) is 44.2 Å². The maximum absolute atomic E-state index is 13.9. The molecule has 250 valence electrons. The molecule has 1 heterocycles. The molecular formula is C35H39F2N3O6S. The van der Waals surface area contributed by atoms with E-state index in [1.165, 1.54) is 36.4 Å². The van der Waals surface area contributed by atoms with E-state index in [4.69, 9.17) is 9.47 Å². The Morgan fingerprint density at radius 3 is 2.19 bits per heavy atom. The van der Waals surface area contributed by atoms with Gasteiger partial charge in [-0.25, -0.2) is 27.0 Å². The molecule has 0 spiro atoms. The molecule has 0 aliphatic heterocycles. The fourth-order valence-corrected chi connectivity index (χ4v) is 5.52. The highest BCUT2D eigenvalue weighted by atomic mass is 32.2. The smallest absolute Gasteiger partial charge is 0.329 e. The average molecular weight is 668 g/mol. The third kappa shape index (κ3) is 10.5. The number of carbonyl (C=O) groups is 2. The maximum atomic E-state index is 13.9. The fraction of sp³-hybridized carbons (Fsp3) is 0.343. The van der Waals surface area contributed by atoms with Crippen LogP contribution < -0.4 is 5.32 Å². The van der Waals surface area contributed by atoms with Crippen molar-refractivity contribution in [1.82, 2.24) is 14.9 Å². The van der Waals surface area contributed by atoms with E-state index in [-0.39, 0.29) is 30.2 Å². The van der Waals surface area contributed by atoms with Gasteiger partial charge in [0.1, 0.15) is 33.1 Å². The second kappa shape index (κ2) is 15.0. The molecule has 1 N–H and O–H groups in total. The van der Waals surface area contributed by atoms with Crippen molar-refractivity contribution in [2.45, 2.75) is 58.0 Å². The molecule has 0 saturated carbocycles. The first-order valence-corrected chi connectivity index (χ1v) is 17.1. The van der Waals surface area contributed by atoms with Gasteiger partial charge in [0, 0.05) is 37.2 Å². The number of benzene rings is 3. The topological polar surface area (TPSA) is 117 Å². The second-order valence-electron chi connectivity index (χ2n) is 12.4. The molecule has 4 rings (SSSR count). The zero-order valence-corrected chi connectivity index (χ0v) is 27.8. The minimum atomic E-state index is -3.44. The average Bonchev–Trinajstić information content (AvgIpc) is 3.40. The van der Waals surface area contributed by atoms with Gasteiger partial charge in [-0.3, -0.25) is 4.79 Å². The van der Waals surface area contributed by atoms with E-state index >= 15 is 0 Å². The van der Waals surface area contributed by atoms with Crippen LogP contribution in [0.25, 0.3) is 11.1 Å². The summed E-state index contributed by atoms with van der Waals surface area (Å²) in [5.41, 5.74) is 2.66. The number of esters is 1. The summed E-state index contributed by atoms with van der Waals surface area (Å²) in [5.74, 6) is -2.56. The monoisotopic (exact) mass is 667 g/mol. The van der Waals surface area contributed by atoms with Crippen molar-refractivity contribution in [1.29, 1.82) is 0 Å². The highest BCUT2D eigenvalue weighted by Gasteiger charge is 2.29. The van der Waals surface area contributed by atoms with Crippen molar-refractivity contribution in [3.8, 4) is 11.1 Å². The van der Waals surface area contributed by atoms with Gasteiger partial charge in [-0.05, 0) is 85.8 Å². The highest BCUT2D eigenvalue weighted by Crippen LogP contribution is 2.29. The Morgan fingerprint density at radius 1 is 0.979 bits per heavy atom. The largest absolute Gasteiger partial charge is 0.458 e. The molecule has 47 heavy (non-hydrogen) atoms. The minimum absolute atomic E-state index is 0.116. The number of hydrogen-bond donors (Lipinski definition) is 1. The van der Waals surface area contributed by atoms with Crippen LogP contribution in [0.15, 0.2) is 79.3 Å². The number of imidazole rings is 1. The Bertz CT molecular complexity index is 1800. The van der Waals surface area contributed by atoms with Crippen molar-refractivity contribution in [3.05, 3.63) is 113 Å². The maximum Gasteiger partial charge on any atom is 0.329 e. The first-order chi connectivity index (χ1) is 22.1. The number of rotatable bonds is 13. The van der Waals surface area contributed by atoms with Crippen molar-refractivity contribution in [2.75, 3.05) is 12.0 Å². The van der Waals surface area contributed by atoms with Gasteiger partial charge in [0.15, 0.2) is 0 Å². The molecular weight excluding hydrogens is 628 g/mol. The number of ether oxygens (including phenoxy) is 2. The van der Waals surface area contributed by atoms with Crippen LogP contribution in [-0.4, -0.2) is 53.5 Å². The Labute approximate surface area is 273 Å². The van der Waals surface area contributed by atoms with Crippen LogP contribution >= 0.6 is 0 Å². The molecule has 2 atom stereocenters. The molecule has 1 unspecified atom stereocenters. The highest BCUT2D eigenvalue weighted by molar-refractivity contribution is 7.90. The molecule has 0 radical (unpaired) electrons. The number of halogens is 2. The molecule has 1 amide bonds. The van der Waals surface area contributed by atoms with Crippen LogP contribution in [0.1, 0.15) is 60.5 Å². The zero-order valence-electron chi connectivity index (χ0n) is 27.0. The number of sulfone groups is 1. The summed E-state index contributed by atoms with van der Waals surface area (Å²) in [5, 5.41) is 2.65. The molecule has 12 heteroatoms. The third-order valence-electron chi connectivity index (χ3n) is 7.26. The summed E-state index contributed by atoms with van der Waals surface area (Å²) in [6.45, 7) is 5.13. The van der Waals surface area contributed by atoms with E-state index in [1.54, 1.807) is 63.6 Å². The van der Waals surface area contributed by atoms with E-state index in [0.717, 1.165) is 17.5 Å². The predicted octanol–water partition coefficient (Wildman–Crippen LogP) is 5.74. The third-order valence-corrected chi connectivity index (χ3v) is 8.24. The first kappa shape index (κ1) is 35.4. The fourth-order valence-electron chi connectivity index (χ4n) is 4.86. The summed E-state index contributed by atoms with van der Waals surface area (Å²) in [4.78, 5) is 30.9. The number of aryl methyl sites for hydroxylation is 1. The van der Waals surface area contributed by atoms with Gasteiger partial charge in [0.25, 0.3) is 5.91 Å². The molecule has 3 aromatic carbocycles. The van der Waals surface area contributed by atoms with Crippen molar-refractivity contribution in [3.63, 3.8) is 0 Å². The molecule has 9 nitrogen and oxygen atoms in total. The molecule has 0 fully saturated rings. The lowest BCUT2D eigenvalue weighted by Crippen LogP contribution is -2.45. The summed E-state index contributed by atoms with van der Waals surface area (Å²) >= 11 is 0. The van der Waals surface area contributed by atoms with Crippen LogP contribution in [0.4, 0.5) is 8.78 Å². The van der Waals surface area contributed by atoms with Crippen molar-refractivity contribution in [2.24, 2.45) is 7.05 Å². The van der Waals surface area contributed by atoms with Crippen LogP contribution in [0.2, 0.25) is 0 Å². The number of nitrogens with zero attached hydrogens (tertiary/aromatic N) is 2. The lowest BCUT2D eigenvalue weighted by molar-refractivity contribution is -0.157. The summed E-state index contributed by atoms with van der Waals surface area (Å²) in [6.07, 6.45) is 4.30. The normalized spacial score (nSPS) is 13.2. The van der Waals surface area contributed by atoms with Crippen LogP contribution in [0, 0.1) is 11.6 Å². The molecule has 0 saturated heterocycles. The number of nitrogens with one attached hydrogen (secondary N) is 1. The second-order valence-corrected chi connectivity index (χ2v) is 14.7. The molecule has 0 aliphatic rings. The van der Waals surface area contributed by atoms with E-state index in [0.29, 0.717) is 23.1 Å². The van der Waals surface area contributed by atoms with E-state index < -0.39 is 45.3 Å². The standard InChI is InChI=1S/C35H39F2N3O6S/c1-35(2,3)46-34(42)31(16-17-47(5,43)44)39-33(41)29-15-6-23(18-30(29)24-7-11-26(36)12-8-24)21-45-32(19-28-20-38-22-40(28)4)25-9-13-27(37)14-10-25/h6-15,18,20,22,31-32H,16-17,19,21H2,1-5H3,(H,39,41)/t31-,32?/m0/s1. The Kier molecular flexibility index (Phi) is 11.3. The van der Waals surface area contributed by atoms with E-state index in [9.17, 15) is 26.8 Å². The SMILES string of the molecule is Cn1cncc1CC(OCc1ccc(C(=O)N[C@@H](CCS(C)(=O)=O)C(=O)OC(C)(C)C)c(-c2ccc(F)cc2)c1)c1ccc(F)cc1. The lowest BCUT2D eigenvalue weighted by Gasteiger charge is -2.25.